The molecule has 0 bridgehead atoms. The van der Waals surface area contributed by atoms with Gasteiger partial charge in [0.15, 0.2) is 0 Å². The molecule has 0 saturated carbocycles. The molecule has 1 atom stereocenters. The molecule has 1 aliphatic rings. The van der Waals surface area contributed by atoms with Crippen molar-refractivity contribution >= 4 is 11.4 Å². The van der Waals surface area contributed by atoms with Crippen LogP contribution in [0.5, 0.6) is 5.75 Å². The maximum absolute atomic E-state index is 6.02. The molecule has 1 saturated heterocycles. The minimum absolute atomic E-state index is 0.648. The Balaban J connectivity index is 2.19. The van der Waals surface area contributed by atoms with Gasteiger partial charge in [-0.15, -0.1) is 0 Å². The Morgan fingerprint density at radius 1 is 1.26 bits per heavy atom. The van der Waals surface area contributed by atoms with Gasteiger partial charge >= 0.3 is 0 Å². The van der Waals surface area contributed by atoms with Gasteiger partial charge in [0, 0.05) is 36.1 Å². The van der Waals surface area contributed by atoms with Crippen LogP contribution in [0.15, 0.2) is 18.2 Å². The van der Waals surface area contributed by atoms with E-state index in [2.05, 4.69) is 30.9 Å². The number of piperidine rings is 1. The fraction of sp³-hybridized carbons (Fsp3) is 0.625. The Hall–Kier alpha value is -1.38. The molecular formula is C16H26N2O. The van der Waals surface area contributed by atoms with Crippen LogP contribution < -0.4 is 15.4 Å². The van der Waals surface area contributed by atoms with E-state index in [0.717, 1.165) is 31.0 Å². The van der Waals surface area contributed by atoms with Crippen molar-refractivity contribution in [2.24, 2.45) is 0 Å². The van der Waals surface area contributed by atoms with Crippen LogP contribution in [0.1, 0.15) is 46.0 Å². The Morgan fingerprint density at radius 2 is 2.11 bits per heavy atom. The van der Waals surface area contributed by atoms with Crippen LogP contribution >= 0.6 is 0 Å². The molecule has 0 spiro atoms. The van der Waals surface area contributed by atoms with Gasteiger partial charge in [-0.1, -0.05) is 13.8 Å². The number of nitrogens with zero attached hydrogens (tertiary/aromatic N) is 1. The summed E-state index contributed by atoms with van der Waals surface area (Å²) in [6.45, 7) is 6.27. The first-order chi connectivity index (χ1) is 9.24. The third kappa shape index (κ3) is 3.55. The molecule has 19 heavy (non-hydrogen) atoms. The van der Waals surface area contributed by atoms with E-state index < -0.39 is 0 Å². The zero-order chi connectivity index (χ0) is 13.7. The van der Waals surface area contributed by atoms with E-state index in [1.807, 2.05) is 6.07 Å². The maximum Gasteiger partial charge on any atom is 0.123 e. The predicted molar refractivity (Wildman–Crippen MR) is 81.9 cm³/mol. The topological polar surface area (TPSA) is 38.5 Å². The molecule has 0 aliphatic carbocycles. The first-order valence-corrected chi connectivity index (χ1v) is 7.54. The average Bonchev–Trinajstić information content (AvgIpc) is 2.44. The summed E-state index contributed by atoms with van der Waals surface area (Å²) in [7, 11) is 0. The molecule has 1 fully saturated rings. The molecule has 0 aromatic heterocycles. The van der Waals surface area contributed by atoms with Crippen LogP contribution in [0, 0.1) is 0 Å². The van der Waals surface area contributed by atoms with Crippen molar-refractivity contribution in [2.75, 3.05) is 23.8 Å². The highest BCUT2D eigenvalue weighted by Gasteiger charge is 2.21. The second kappa shape index (κ2) is 6.69. The van der Waals surface area contributed by atoms with E-state index in [-0.39, 0.29) is 0 Å². The van der Waals surface area contributed by atoms with Gasteiger partial charge in [-0.05, 0) is 38.2 Å². The maximum atomic E-state index is 6.02. The number of benzene rings is 1. The van der Waals surface area contributed by atoms with Gasteiger partial charge in [-0.3, -0.25) is 0 Å². The predicted octanol–water partition coefficient (Wildman–Crippen LogP) is 3.83. The number of ether oxygens (including phenoxy) is 1. The van der Waals surface area contributed by atoms with Crippen LogP contribution in [0.25, 0.3) is 0 Å². The van der Waals surface area contributed by atoms with E-state index in [4.69, 9.17) is 10.5 Å². The first-order valence-electron chi connectivity index (χ1n) is 7.54. The molecule has 3 nitrogen and oxygen atoms in total. The van der Waals surface area contributed by atoms with Gasteiger partial charge in [-0.2, -0.15) is 0 Å². The van der Waals surface area contributed by atoms with E-state index in [1.165, 1.54) is 31.4 Å². The Labute approximate surface area is 116 Å². The molecule has 1 heterocycles. The van der Waals surface area contributed by atoms with Crippen molar-refractivity contribution < 1.29 is 4.74 Å². The molecule has 0 radical (unpaired) electrons. The highest BCUT2D eigenvalue weighted by Crippen LogP contribution is 2.31. The lowest BCUT2D eigenvalue weighted by molar-refractivity contribution is 0.317. The van der Waals surface area contributed by atoms with Gasteiger partial charge in [0.25, 0.3) is 0 Å². The Kier molecular flexibility index (Phi) is 4.94. The van der Waals surface area contributed by atoms with Gasteiger partial charge in [0.2, 0.25) is 0 Å². The summed E-state index contributed by atoms with van der Waals surface area (Å²) in [4.78, 5) is 2.50. The molecule has 0 amide bonds. The lowest BCUT2D eigenvalue weighted by Crippen LogP contribution is -2.39. The van der Waals surface area contributed by atoms with Crippen molar-refractivity contribution in [3.63, 3.8) is 0 Å². The van der Waals surface area contributed by atoms with Gasteiger partial charge in [0.05, 0.1) is 6.61 Å². The lowest BCUT2D eigenvalue weighted by Gasteiger charge is -2.37. The van der Waals surface area contributed by atoms with Crippen molar-refractivity contribution in [2.45, 2.75) is 52.0 Å². The summed E-state index contributed by atoms with van der Waals surface area (Å²) in [5.41, 5.74) is 8.03. The highest BCUT2D eigenvalue weighted by molar-refractivity contribution is 5.61. The second-order valence-electron chi connectivity index (χ2n) is 5.36. The molecule has 106 valence electrons. The molecular weight excluding hydrogens is 236 g/mol. The first kappa shape index (κ1) is 14.0. The molecule has 1 aliphatic heterocycles. The summed E-state index contributed by atoms with van der Waals surface area (Å²) in [5, 5.41) is 0. The van der Waals surface area contributed by atoms with Crippen LogP contribution in [-0.4, -0.2) is 19.2 Å². The van der Waals surface area contributed by atoms with Crippen molar-refractivity contribution in [3.8, 4) is 5.75 Å². The number of anilines is 2. The zero-order valence-corrected chi connectivity index (χ0v) is 12.2. The number of rotatable bonds is 5. The summed E-state index contributed by atoms with van der Waals surface area (Å²) in [6.07, 6.45) is 6.12. The minimum atomic E-state index is 0.648. The fourth-order valence-electron chi connectivity index (χ4n) is 2.84. The Bertz CT molecular complexity index is 406. The summed E-state index contributed by atoms with van der Waals surface area (Å²) in [5.74, 6) is 0.900. The highest BCUT2D eigenvalue weighted by atomic mass is 16.5. The Morgan fingerprint density at radius 3 is 2.84 bits per heavy atom. The van der Waals surface area contributed by atoms with Crippen molar-refractivity contribution in [1.82, 2.24) is 0 Å². The summed E-state index contributed by atoms with van der Waals surface area (Å²) in [6, 6.07) is 6.78. The third-order valence-electron chi connectivity index (χ3n) is 3.82. The SMILES string of the molecule is CCCOc1cc(N)cc(N2CCCCC2CC)c1. The third-order valence-corrected chi connectivity index (χ3v) is 3.82. The number of nitrogen functional groups attached to an aromatic ring is 1. The van der Waals surface area contributed by atoms with Crippen LogP contribution in [0.4, 0.5) is 11.4 Å². The van der Waals surface area contributed by atoms with Crippen molar-refractivity contribution in [3.05, 3.63) is 18.2 Å². The smallest absolute Gasteiger partial charge is 0.123 e. The van der Waals surface area contributed by atoms with E-state index >= 15 is 0 Å². The van der Waals surface area contributed by atoms with Gasteiger partial charge < -0.3 is 15.4 Å². The molecule has 1 unspecified atom stereocenters. The standard InChI is InChI=1S/C16H26N2O/c1-3-9-19-16-11-13(17)10-15(12-16)18-8-6-5-7-14(18)4-2/h10-12,14H,3-9,17H2,1-2H3. The molecule has 1 aromatic carbocycles. The van der Waals surface area contributed by atoms with Gasteiger partial charge in [-0.25, -0.2) is 0 Å². The summed E-state index contributed by atoms with van der Waals surface area (Å²) < 4.78 is 5.73. The fourth-order valence-corrected chi connectivity index (χ4v) is 2.84. The number of hydrogen-bond acceptors (Lipinski definition) is 3. The largest absolute Gasteiger partial charge is 0.493 e. The monoisotopic (exact) mass is 262 g/mol. The van der Waals surface area contributed by atoms with E-state index in [9.17, 15) is 0 Å². The number of hydrogen-bond donors (Lipinski definition) is 1. The summed E-state index contributed by atoms with van der Waals surface area (Å²) >= 11 is 0. The quantitative estimate of drug-likeness (QED) is 0.820. The zero-order valence-electron chi connectivity index (χ0n) is 12.2. The normalized spacial score (nSPS) is 19.5. The van der Waals surface area contributed by atoms with Crippen LogP contribution in [0.2, 0.25) is 0 Å². The molecule has 3 heteroatoms. The number of nitrogens with two attached hydrogens (primary N) is 1. The average molecular weight is 262 g/mol. The molecule has 2 N–H and O–H groups in total. The van der Waals surface area contributed by atoms with E-state index in [0.29, 0.717) is 6.04 Å². The molecule has 1 aromatic rings. The van der Waals surface area contributed by atoms with Crippen molar-refractivity contribution in [1.29, 1.82) is 0 Å². The van der Waals surface area contributed by atoms with Crippen LogP contribution in [-0.2, 0) is 0 Å². The van der Waals surface area contributed by atoms with E-state index in [1.54, 1.807) is 0 Å². The van der Waals surface area contributed by atoms with Crippen LogP contribution in [0.3, 0.4) is 0 Å². The van der Waals surface area contributed by atoms with Gasteiger partial charge in [0.1, 0.15) is 5.75 Å². The minimum Gasteiger partial charge on any atom is -0.493 e. The second-order valence-corrected chi connectivity index (χ2v) is 5.36. The molecule has 2 rings (SSSR count). The lowest BCUT2D eigenvalue weighted by atomic mass is 9.99.